The molecule has 4 N–H and O–H groups in total. The van der Waals surface area contributed by atoms with Gasteiger partial charge < -0.3 is 34.5 Å². The number of hydrogen-bond acceptors (Lipinski definition) is 8. The lowest BCUT2D eigenvalue weighted by Crippen LogP contribution is -2.39. The number of ether oxygens (including phenoxy) is 5. The number of aliphatic hydroxyl groups excluding tert-OH is 1. The summed E-state index contributed by atoms with van der Waals surface area (Å²) in [5.74, 6) is 3.74. The van der Waals surface area contributed by atoms with Crippen LogP contribution in [0.5, 0.6) is 0 Å². The van der Waals surface area contributed by atoms with Crippen molar-refractivity contribution in [1.29, 1.82) is 0 Å². The van der Waals surface area contributed by atoms with E-state index in [1.807, 2.05) is 6.92 Å². The van der Waals surface area contributed by atoms with Crippen LogP contribution in [0.25, 0.3) is 0 Å². The summed E-state index contributed by atoms with van der Waals surface area (Å²) in [6.07, 6.45) is 4.88. The van der Waals surface area contributed by atoms with Gasteiger partial charge in [-0.05, 0) is 49.9 Å². The Morgan fingerprint density at radius 2 is 1.59 bits per heavy atom. The van der Waals surface area contributed by atoms with Crippen molar-refractivity contribution >= 4 is 0 Å². The Morgan fingerprint density at radius 1 is 0.897 bits per heavy atom. The van der Waals surface area contributed by atoms with E-state index in [0.29, 0.717) is 50.7 Å². The van der Waals surface area contributed by atoms with E-state index in [4.69, 9.17) is 29.4 Å². The van der Waals surface area contributed by atoms with Gasteiger partial charge in [0.25, 0.3) is 0 Å². The van der Waals surface area contributed by atoms with Gasteiger partial charge in [0, 0.05) is 52.2 Å². The zero-order chi connectivity index (χ0) is 29.8. The SMILES string of the molecule is COCCCO/C(=C(/CCC[C@@H](C)[C@H](C)C[C@H](N)C(O)CC(COCNC[C@@H](C)OC)C(C)C)OC)C(C)C. The molecule has 0 aliphatic carbocycles. The number of hydrogen-bond donors (Lipinski definition) is 3. The summed E-state index contributed by atoms with van der Waals surface area (Å²) in [6.45, 7) is 18.3. The maximum absolute atomic E-state index is 10.9. The second-order valence-electron chi connectivity index (χ2n) is 11.9. The van der Waals surface area contributed by atoms with Crippen LogP contribution in [-0.2, 0) is 23.7 Å². The van der Waals surface area contributed by atoms with E-state index in [1.165, 1.54) is 0 Å². The van der Waals surface area contributed by atoms with Gasteiger partial charge in [0.1, 0.15) is 11.5 Å². The van der Waals surface area contributed by atoms with Gasteiger partial charge in [0.15, 0.2) is 0 Å². The molecule has 0 aliphatic heterocycles. The molecule has 0 saturated carbocycles. The van der Waals surface area contributed by atoms with Crippen molar-refractivity contribution in [2.24, 2.45) is 35.3 Å². The predicted molar refractivity (Wildman–Crippen MR) is 160 cm³/mol. The second kappa shape index (κ2) is 22.8. The van der Waals surface area contributed by atoms with Crippen molar-refractivity contribution in [3.05, 3.63) is 11.5 Å². The maximum atomic E-state index is 10.9. The Hall–Kier alpha value is -0.900. The van der Waals surface area contributed by atoms with Crippen LogP contribution in [0.4, 0.5) is 0 Å². The number of aliphatic hydroxyl groups is 1. The lowest BCUT2D eigenvalue weighted by molar-refractivity contribution is 0.0272. The van der Waals surface area contributed by atoms with E-state index >= 15 is 0 Å². The van der Waals surface area contributed by atoms with Crippen molar-refractivity contribution in [2.45, 2.75) is 105 Å². The number of methoxy groups -OCH3 is 3. The Kier molecular flexibility index (Phi) is 22.2. The zero-order valence-electron chi connectivity index (χ0n) is 27.0. The van der Waals surface area contributed by atoms with Crippen LogP contribution in [-0.4, -0.2) is 77.8 Å². The molecule has 0 fully saturated rings. The number of allylic oxidation sites excluding steroid dienone is 2. The van der Waals surface area contributed by atoms with Crippen molar-refractivity contribution in [3.63, 3.8) is 0 Å². The fourth-order valence-electron chi connectivity index (χ4n) is 4.61. The number of nitrogens with one attached hydrogen (secondary N) is 1. The number of rotatable bonds is 25. The van der Waals surface area contributed by atoms with E-state index in [0.717, 1.165) is 50.2 Å². The molecule has 234 valence electrons. The molecule has 0 bridgehead atoms. The molecule has 2 unspecified atom stereocenters. The van der Waals surface area contributed by atoms with Gasteiger partial charge in [-0.3, -0.25) is 5.32 Å². The third-order valence-electron chi connectivity index (χ3n) is 7.83. The smallest absolute Gasteiger partial charge is 0.136 e. The first kappa shape index (κ1) is 38.1. The van der Waals surface area contributed by atoms with Gasteiger partial charge in [-0.1, -0.05) is 48.0 Å². The Labute approximate surface area is 240 Å². The third kappa shape index (κ3) is 17.5. The Bertz CT molecular complexity index is 616. The molecule has 0 saturated heterocycles. The van der Waals surface area contributed by atoms with Gasteiger partial charge in [-0.2, -0.15) is 0 Å². The summed E-state index contributed by atoms with van der Waals surface area (Å²) in [5, 5.41) is 14.2. The molecule has 8 heteroatoms. The first-order valence-corrected chi connectivity index (χ1v) is 15.1. The largest absolute Gasteiger partial charge is 0.498 e. The molecule has 0 amide bonds. The van der Waals surface area contributed by atoms with Gasteiger partial charge >= 0.3 is 0 Å². The van der Waals surface area contributed by atoms with Gasteiger partial charge in [-0.15, -0.1) is 0 Å². The van der Waals surface area contributed by atoms with Crippen LogP contribution in [0.15, 0.2) is 11.5 Å². The summed E-state index contributed by atoms with van der Waals surface area (Å²) >= 11 is 0. The highest BCUT2D eigenvalue weighted by molar-refractivity contribution is 5.04. The molecule has 8 nitrogen and oxygen atoms in total. The maximum Gasteiger partial charge on any atom is 0.136 e. The van der Waals surface area contributed by atoms with Crippen LogP contribution in [0.3, 0.4) is 0 Å². The number of nitrogens with two attached hydrogens (primary N) is 1. The normalized spacial score (nSPS) is 17.5. The standard InChI is InChI=1S/C31H64N2O6/c1-22(2)27(20-38-21-33-19-26(7)36-9)18-29(34)28(32)17-25(6)24(5)13-11-14-30(37-10)31(23(3)4)39-16-12-15-35-8/h22-29,33-34H,11-21,32H2,1-10H3/b31-30-/t24-,25-,26-,27?,28+,29?/m1/s1. The van der Waals surface area contributed by atoms with Gasteiger partial charge in [0.2, 0.25) is 0 Å². The molecular weight excluding hydrogens is 496 g/mol. The van der Waals surface area contributed by atoms with Crippen LogP contribution >= 0.6 is 0 Å². The van der Waals surface area contributed by atoms with Crippen molar-refractivity contribution < 1.29 is 28.8 Å². The van der Waals surface area contributed by atoms with E-state index in [1.54, 1.807) is 21.3 Å². The van der Waals surface area contributed by atoms with Crippen LogP contribution in [0, 0.1) is 29.6 Å². The third-order valence-corrected chi connectivity index (χ3v) is 7.83. The minimum Gasteiger partial charge on any atom is -0.498 e. The highest BCUT2D eigenvalue weighted by Crippen LogP contribution is 2.28. The Morgan fingerprint density at radius 3 is 2.15 bits per heavy atom. The molecule has 0 aromatic carbocycles. The molecule has 0 radical (unpaired) electrons. The average Bonchev–Trinajstić information content (AvgIpc) is 2.89. The first-order valence-electron chi connectivity index (χ1n) is 15.1. The van der Waals surface area contributed by atoms with Gasteiger partial charge in [-0.25, -0.2) is 0 Å². The molecule has 0 aromatic heterocycles. The summed E-state index contributed by atoms with van der Waals surface area (Å²) in [7, 11) is 5.14. The van der Waals surface area contributed by atoms with Crippen LogP contribution < -0.4 is 11.1 Å². The zero-order valence-corrected chi connectivity index (χ0v) is 27.0. The van der Waals surface area contributed by atoms with Crippen LogP contribution in [0.2, 0.25) is 0 Å². The van der Waals surface area contributed by atoms with Crippen molar-refractivity contribution in [2.75, 3.05) is 54.4 Å². The molecule has 0 aromatic rings. The van der Waals surface area contributed by atoms with E-state index in [9.17, 15) is 5.11 Å². The molecule has 6 atom stereocenters. The lowest BCUT2D eigenvalue weighted by atomic mass is 9.82. The fourth-order valence-corrected chi connectivity index (χ4v) is 4.61. The molecule has 39 heavy (non-hydrogen) atoms. The predicted octanol–water partition coefficient (Wildman–Crippen LogP) is 5.34. The fraction of sp³-hybridized carbons (Fsp3) is 0.935. The summed E-state index contributed by atoms with van der Waals surface area (Å²) in [6, 6.07) is -0.244. The summed E-state index contributed by atoms with van der Waals surface area (Å²) in [4.78, 5) is 0. The van der Waals surface area contributed by atoms with E-state index in [-0.39, 0.29) is 24.0 Å². The highest BCUT2D eigenvalue weighted by Gasteiger charge is 2.25. The first-order chi connectivity index (χ1) is 18.5. The average molecular weight is 561 g/mol. The van der Waals surface area contributed by atoms with E-state index < -0.39 is 6.10 Å². The minimum atomic E-state index is -0.538. The van der Waals surface area contributed by atoms with Crippen LogP contribution in [0.1, 0.15) is 87.0 Å². The van der Waals surface area contributed by atoms with E-state index in [2.05, 4.69) is 46.9 Å². The summed E-state index contributed by atoms with van der Waals surface area (Å²) < 4.78 is 28.0. The topological polar surface area (TPSA) is 104 Å². The quantitative estimate of drug-likeness (QED) is 0.0781. The molecule has 0 rings (SSSR count). The lowest BCUT2D eigenvalue weighted by Gasteiger charge is -2.29. The highest BCUT2D eigenvalue weighted by atomic mass is 16.5. The monoisotopic (exact) mass is 560 g/mol. The second-order valence-corrected chi connectivity index (χ2v) is 11.9. The molecular formula is C31H64N2O6. The molecule has 0 spiro atoms. The van der Waals surface area contributed by atoms with Crippen molar-refractivity contribution in [1.82, 2.24) is 5.32 Å². The minimum absolute atomic E-state index is 0.153. The van der Waals surface area contributed by atoms with Crippen molar-refractivity contribution in [3.8, 4) is 0 Å². The Balaban J connectivity index is 4.65. The summed E-state index contributed by atoms with van der Waals surface area (Å²) in [5.41, 5.74) is 6.50. The molecule has 0 aliphatic rings. The van der Waals surface area contributed by atoms with Gasteiger partial charge in [0.05, 0.1) is 39.3 Å². The molecule has 0 heterocycles.